The molecule has 7 heteroatoms. The molecule has 6 nitrogen and oxygen atoms in total. The number of imidazole rings is 1. The van der Waals surface area contributed by atoms with Gasteiger partial charge in [-0.1, -0.05) is 23.7 Å². The van der Waals surface area contributed by atoms with Crippen molar-refractivity contribution in [2.45, 2.75) is 38.8 Å². The highest BCUT2D eigenvalue weighted by Gasteiger charge is 2.41. The lowest BCUT2D eigenvalue weighted by Crippen LogP contribution is -2.13. The van der Waals surface area contributed by atoms with Crippen LogP contribution in [0.1, 0.15) is 31.0 Å². The second-order valence-corrected chi connectivity index (χ2v) is 8.14. The molecule has 0 aliphatic heterocycles. The third-order valence-electron chi connectivity index (χ3n) is 5.20. The zero-order chi connectivity index (χ0) is 20.0. The third-order valence-corrected chi connectivity index (χ3v) is 5.53. The molecule has 146 valence electrons. The summed E-state index contributed by atoms with van der Waals surface area (Å²) >= 11 is 6.51. The smallest absolute Gasteiger partial charge is 0.245 e. The minimum atomic E-state index is -0.159. The van der Waals surface area contributed by atoms with Crippen molar-refractivity contribution in [3.05, 3.63) is 65.2 Å². The van der Waals surface area contributed by atoms with E-state index in [0.29, 0.717) is 28.6 Å². The standard InChI is InChI=1S/C22H20ClN5O/c1-14-7-10-24-15(11-14)12-28-19(16-5-3-4-6-17(16)23)27-18-20(28)25-13-26-21(18)29-22(2)8-9-22/h3-7,10-11,13H,8-9,12H2,1-2H3. The van der Waals surface area contributed by atoms with Gasteiger partial charge in [0.15, 0.2) is 11.2 Å². The van der Waals surface area contributed by atoms with E-state index in [0.717, 1.165) is 35.5 Å². The lowest BCUT2D eigenvalue weighted by molar-refractivity contribution is 0.194. The highest BCUT2D eigenvalue weighted by atomic mass is 35.5. The molecule has 0 spiro atoms. The number of ether oxygens (including phenoxy) is 1. The zero-order valence-corrected chi connectivity index (χ0v) is 17.0. The van der Waals surface area contributed by atoms with Crippen LogP contribution >= 0.6 is 11.6 Å². The van der Waals surface area contributed by atoms with Crippen molar-refractivity contribution in [2.24, 2.45) is 0 Å². The fraction of sp³-hybridized carbons (Fsp3) is 0.273. The van der Waals surface area contributed by atoms with Gasteiger partial charge in [0.1, 0.15) is 17.8 Å². The number of aromatic nitrogens is 5. The topological polar surface area (TPSA) is 65.7 Å². The fourth-order valence-electron chi connectivity index (χ4n) is 3.35. The summed E-state index contributed by atoms with van der Waals surface area (Å²) in [5, 5.41) is 0.630. The molecule has 1 aromatic carbocycles. The molecular formula is C22H20ClN5O. The summed E-state index contributed by atoms with van der Waals surface area (Å²) < 4.78 is 8.18. The Kier molecular flexibility index (Phi) is 4.24. The Morgan fingerprint density at radius 2 is 1.97 bits per heavy atom. The summed E-state index contributed by atoms with van der Waals surface area (Å²) in [5.41, 5.74) is 4.10. The van der Waals surface area contributed by atoms with E-state index in [9.17, 15) is 0 Å². The fourth-order valence-corrected chi connectivity index (χ4v) is 3.57. The maximum atomic E-state index is 6.51. The van der Waals surface area contributed by atoms with Gasteiger partial charge >= 0.3 is 0 Å². The first-order chi connectivity index (χ1) is 14.0. The molecular weight excluding hydrogens is 386 g/mol. The Labute approximate surface area is 173 Å². The SMILES string of the molecule is Cc1ccnc(Cn2c(-c3ccccc3Cl)nc3c(OC4(C)CC4)ncnc32)c1. The molecule has 0 atom stereocenters. The van der Waals surface area contributed by atoms with E-state index < -0.39 is 0 Å². The molecule has 1 saturated carbocycles. The highest BCUT2D eigenvalue weighted by molar-refractivity contribution is 6.33. The molecule has 1 fully saturated rings. The summed E-state index contributed by atoms with van der Waals surface area (Å²) in [6.45, 7) is 4.66. The second kappa shape index (κ2) is 6.81. The van der Waals surface area contributed by atoms with Crippen molar-refractivity contribution in [3.8, 4) is 17.3 Å². The number of halogens is 1. The quantitative estimate of drug-likeness (QED) is 0.475. The van der Waals surface area contributed by atoms with Crippen LogP contribution in [0.25, 0.3) is 22.6 Å². The summed E-state index contributed by atoms with van der Waals surface area (Å²) in [6.07, 6.45) is 5.38. The van der Waals surface area contributed by atoms with Gasteiger partial charge in [-0.25, -0.2) is 9.97 Å². The van der Waals surface area contributed by atoms with Crippen LogP contribution < -0.4 is 4.74 Å². The number of pyridine rings is 1. The van der Waals surface area contributed by atoms with Gasteiger partial charge in [-0.3, -0.25) is 4.98 Å². The van der Waals surface area contributed by atoms with E-state index in [1.807, 2.05) is 41.1 Å². The minimum Gasteiger partial charge on any atom is -0.470 e. The Balaban J connectivity index is 1.70. The lowest BCUT2D eigenvalue weighted by atomic mass is 10.2. The van der Waals surface area contributed by atoms with Crippen LogP contribution in [0.2, 0.25) is 5.02 Å². The van der Waals surface area contributed by atoms with Crippen molar-refractivity contribution < 1.29 is 4.74 Å². The van der Waals surface area contributed by atoms with Crippen LogP contribution in [0, 0.1) is 6.92 Å². The average Bonchev–Trinajstić information content (AvgIpc) is 3.31. The predicted octanol–water partition coefficient (Wildman–Crippen LogP) is 4.83. The summed E-state index contributed by atoms with van der Waals surface area (Å²) in [5.74, 6) is 1.24. The van der Waals surface area contributed by atoms with Crippen LogP contribution in [0.5, 0.6) is 5.88 Å². The highest BCUT2D eigenvalue weighted by Crippen LogP contribution is 2.41. The van der Waals surface area contributed by atoms with Crippen LogP contribution in [0.4, 0.5) is 0 Å². The molecule has 0 radical (unpaired) electrons. The monoisotopic (exact) mass is 405 g/mol. The van der Waals surface area contributed by atoms with Gasteiger partial charge in [-0.15, -0.1) is 0 Å². The van der Waals surface area contributed by atoms with Crippen molar-refractivity contribution in [3.63, 3.8) is 0 Å². The second-order valence-electron chi connectivity index (χ2n) is 7.73. The maximum Gasteiger partial charge on any atom is 0.245 e. The minimum absolute atomic E-state index is 0.159. The van der Waals surface area contributed by atoms with Gasteiger partial charge in [-0.05, 0) is 56.5 Å². The Morgan fingerprint density at radius 1 is 1.14 bits per heavy atom. The van der Waals surface area contributed by atoms with Crippen LogP contribution in [-0.2, 0) is 6.54 Å². The predicted molar refractivity (Wildman–Crippen MR) is 112 cm³/mol. The zero-order valence-electron chi connectivity index (χ0n) is 16.3. The van der Waals surface area contributed by atoms with Crippen LogP contribution in [-0.4, -0.2) is 30.1 Å². The van der Waals surface area contributed by atoms with Gasteiger partial charge in [0.05, 0.1) is 17.3 Å². The number of hydrogen-bond donors (Lipinski definition) is 0. The number of aryl methyl sites for hydroxylation is 1. The Morgan fingerprint density at radius 3 is 2.72 bits per heavy atom. The molecule has 4 aromatic rings. The molecule has 0 saturated heterocycles. The normalized spacial score (nSPS) is 14.9. The number of nitrogens with zero attached hydrogens (tertiary/aromatic N) is 5. The molecule has 29 heavy (non-hydrogen) atoms. The molecule has 3 aromatic heterocycles. The molecule has 0 N–H and O–H groups in total. The summed E-state index contributed by atoms with van der Waals surface area (Å²) in [6, 6.07) is 11.7. The molecule has 0 amide bonds. The van der Waals surface area contributed by atoms with Gasteiger partial charge in [0.25, 0.3) is 0 Å². The number of benzene rings is 1. The van der Waals surface area contributed by atoms with Crippen LogP contribution in [0.15, 0.2) is 48.9 Å². The summed E-state index contributed by atoms with van der Waals surface area (Å²) in [4.78, 5) is 18.3. The molecule has 1 aliphatic carbocycles. The molecule has 3 heterocycles. The number of fused-ring (bicyclic) bond motifs is 1. The van der Waals surface area contributed by atoms with Crippen molar-refractivity contribution in [2.75, 3.05) is 0 Å². The van der Waals surface area contributed by atoms with E-state index in [1.54, 1.807) is 0 Å². The van der Waals surface area contributed by atoms with Crippen molar-refractivity contribution >= 4 is 22.8 Å². The first-order valence-corrected chi connectivity index (χ1v) is 9.97. The first-order valence-electron chi connectivity index (χ1n) is 9.59. The summed E-state index contributed by atoms with van der Waals surface area (Å²) in [7, 11) is 0. The van der Waals surface area contributed by atoms with E-state index in [2.05, 4.69) is 34.9 Å². The Hall–Kier alpha value is -2.99. The molecule has 1 aliphatic rings. The number of rotatable bonds is 5. The van der Waals surface area contributed by atoms with Crippen molar-refractivity contribution in [1.29, 1.82) is 0 Å². The van der Waals surface area contributed by atoms with E-state index in [-0.39, 0.29) is 5.60 Å². The van der Waals surface area contributed by atoms with E-state index >= 15 is 0 Å². The van der Waals surface area contributed by atoms with Gasteiger partial charge in [0.2, 0.25) is 5.88 Å². The molecule has 5 rings (SSSR count). The lowest BCUT2D eigenvalue weighted by Gasteiger charge is -2.11. The average molecular weight is 406 g/mol. The molecule has 0 unspecified atom stereocenters. The van der Waals surface area contributed by atoms with Gasteiger partial charge in [-0.2, -0.15) is 4.98 Å². The first kappa shape index (κ1) is 18.1. The van der Waals surface area contributed by atoms with E-state index in [1.165, 1.54) is 6.33 Å². The van der Waals surface area contributed by atoms with E-state index in [4.69, 9.17) is 21.3 Å². The Bertz CT molecular complexity index is 1220. The van der Waals surface area contributed by atoms with Crippen LogP contribution in [0.3, 0.4) is 0 Å². The third kappa shape index (κ3) is 3.44. The van der Waals surface area contributed by atoms with Crippen molar-refractivity contribution in [1.82, 2.24) is 24.5 Å². The van der Waals surface area contributed by atoms with Gasteiger partial charge in [0, 0.05) is 11.8 Å². The van der Waals surface area contributed by atoms with Gasteiger partial charge < -0.3 is 9.30 Å². The largest absolute Gasteiger partial charge is 0.470 e. The number of hydrogen-bond acceptors (Lipinski definition) is 5. The molecule has 0 bridgehead atoms. The maximum absolute atomic E-state index is 6.51.